The van der Waals surface area contributed by atoms with Crippen molar-refractivity contribution >= 4 is 31.7 Å². The maximum Gasteiger partial charge on any atom is 0.324 e. The van der Waals surface area contributed by atoms with Crippen LogP contribution in [0.5, 0.6) is 0 Å². The maximum atomic E-state index is 12.0. The minimum atomic E-state index is -3.17. The van der Waals surface area contributed by atoms with Gasteiger partial charge in [-0.3, -0.25) is 4.79 Å². The fourth-order valence-electron chi connectivity index (χ4n) is 1.75. The summed E-state index contributed by atoms with van der Waals surface area (Å²) in [6.45, 7) is 2.05. The fraction of sp³-hybridized carbons (Fsp3) is 0.462. The quantitative estimate of drug-likeness (QED) is 0.607. The van der Waals surface area contributed by atoms with Crippen molar-refractivity contribution in [1.29, 1.82) is 0 Å². The Kier molecular flexibility index (Phi) is 4.30. The minimum Gasteiger partial charge on any atom is -0.465 e. The van der Waals surface area contributed by atoms with Gasteiger partial charge in [0.15, 0.2) is 9.84 Å². The summed E-state index contributed by atoms with van der Waals surface area (Å²) in [6.07, 6.45) is 1.49. The van der Waals surface area contributed by atoms with Gasteiger partial charge in [-0.05, 0) is 37.5 Å². The first-order valence-corrected chi connectivity index (χ1v) is 8.57. The lowest BCUT2D eigenvalue weighted by Crippen LogP contribution is -2.11. The van der Waals surface area contributed by atoms with Crippen LogP contribution in [0.3, 0.4) is 0 Å². The van der Waals surface area contributed by atoms with Crippen LogP contribution in [0, 0.1) is 0 Å². The number of carbonyl (C=O) groups excluding carboxylic acids is 1. The molecule has 0 amide bonds. The number of rotatable bonds is 5. The molecule has 6 heteroatoms. The SMILES string of the molecule is CCOC(=O)C(Br)c1ccc(S(=O)(=O)C2CC2)cc1. The van der Waals surface area contributed by atoms with Crippen LogP contribution in [0.1, 0.15) is 30.2 Å². The molecule has 1 fully saturated rings. The molecule has 1 aliphatic carbocycles. The number of carbonyl (C=O) groups is 1. The zero-order valence-corrected chi connectivity index (χ0v) is 12.9. The molecule has 104 valence electrons. The molecule has 0 radical (unpaired) electrons. The summed E-state index contributed by atoms with van der Waals surface area (Å²) in [5.41, 5.74) is 0.688. The molecular formula is C13H15BrO4S. The van der Waals surface area contributed by atoms with Gasteiger partial charge in [0, 0.05) is 0 Å². The van der Waals surface area contributed by atoms with E-state index in [1.54, 1.807) is 31.2 Å². The first-order chi connectivity index (χ1) is 8.96. The lowest BCUT2D eigenvalue weighted by molar-refractivity contribution is -0.142. The highest BCUT2D eigenvalue weighted by atomic mass is 79.9. The number of sulfone groups is 1. The van der Waals surface area contributed by atoms with E-state index in [9.17, 15) is 13.2 Å². The van der Waals surface area contributed by atoms with Crippen LogP contribution in [-0.2, 0) is 19.4 Å². The van der Waals surface area contributed by atoms with Gasteiger partial charge >= 0.3 is 5.97 Å². The second-order valence-electron chi connectivity index (χ2n) is 4.43. The molecule has 0 saturated heterocycles. The highest BCUT2D eigenvalue weighted by Gasteiger charge is 2.36. The summed E-state index contributed by atoms with van der Waals surface area (Å²) in [4.78, 5) is 11.3. The van der Waals surface area contributed by atoms with Gasteiger partial charge in [-0.2, -0.15) is 0 Å². The topological polar surface area (TPSA) is 60.4 Å². The number of alkyl halides is 1. The Bertz CT molecular complexity index is 561. The molecule has 0 aromatic heterocycles. The third-order valence-electron chi connectivity index (χ3n) is 2.96. The van der Waals surface area contributed by atoms with E-state index in [0.29, 0.717) is 17.1 Å². The van der Waals surface area contributed by atoms with Gasteiger partial charge in [0.25, 0.3) is 0 Å². The lowest BCUT2D eigenvalue weighted by atomic mass is 10.1. The van der Waals surface area contributed by atoms with E-state index in [4.69, 9.17) is 4.74 Å². The fourth-order valence-corrected chi connectivity index (χ4v) is 3.84. The molecule has 1 aliphatic rings. The summed E-state index contributed by atoms with van der Waals surface area (Å²) in [7, 11) is -3.17. The van der Waals surface area contributed by atoms with Gasteiger partial charge < -0.3 is 4.74 Å². The van der Waals surface area contributed by atoms with Crippen LogP contribution in [0.2, 0.25) is 0 Å². The Hall–Kier alpha value is -0.880. The largest absolute Gasteiger partial charge is 0.465 e. The average molecular weight is 347 g/mol. The molecule has 0 aliphatic heterocycles. The number of benzene rings is 1. The number of esters is 1. The van der Waals surface area contributed by atoms with Crippen LogP contribution in [0.25, 0.3) is 0 Å². The van der Waals surface area contributed by atoms with Gasteiger partial charge in [-0.1, -0.05) is 28.1 Å². The molecule has 0 spiro atoms. The minimum absolute atomic E-state index is 0.219. The van der Waals surface area contributed by atoms with Crippen molar-refractivity contribution in [3.8, 4) is 0 Å². The summed E-state index contributed by atoms with van der Waals surface area (Å²) in [5.74, 6) is -0.375. The molecule has 1 atom stereocenters. The van der Waals surface area contributed by atoms with E-state index < -0.39 is 14.7 Å². The van der Waals surface area contributed by atoms with Gasteiger partial charge in [-0.25, -0.2) is 8.42 Å². The van der Waals surface area contributed by atoms with Crippen LogP contribution in [0.15, 0.2) is 29.2 Å². The Morgan fingerprint density at radius 2 is 1.95 bits per heavy atom. The van der Waals surface area contributed by atoms with Crippen molar-refractivity contribution in [1.82, 2.24) is 0 Å². The number of hydrogen-bond donors (Lipinski definition) is 0. The van der Waals surface area contributed by atoms with Crippen LogP contribution in [0.4, 0.5) is 0 Å². The van der Waals surface area contributed by atoms with E-state index in [1.807, 2.05) is 0 Å². The smallest absolute Gasteiger partial charge is 0.324 e. The standard InChI is InChI=1S/C13H15BrO4S/c1-2-18-13(15)12(14)9-3-5-10(6-4-9)19(16,17)11-7-8-11/h3-6,11-12H,2,7-8H2,1H3. The third kappa shape index (κ3) is 3.17. The first-order valence-electron chi connectivity index (χ1n) is 6.11. The molecule has 0 heterocycles. The average Bonchev–Trinajstić information content (AvgIpc) is 3.23. The van der Waals surface area contributed by atoms with Crippen molar-refractivity contribution in [2.75, 3.05) is 6.61 Å². The first kappa shape index (κ1) is 14.5. The van der Waals surface area contributed by atoms with Crippen molar-refractivity contribution in [2.24, 2.45) is 0 Å². The maximum absolute atomic E-state index is 12.0. The normalized spacial score (nSPS) is 16.9. The van der Waals surface area contributed by atoms with Gasteiger partial charge in [-0.15, -0.1) is 0 Å². The Balaban J connectivity index is 2.16. The highest BCUT2D eigenvalue weighted by molar-refractivity contribution is 9.09. The lowest BCUT2D eigenvalue weighted by Gasteiger charge is -2.10. The molecule has 2 rings (SSSR count). The van der Waals surface area contributed by atoms with E-state index in [0.717, 1.165) is 12.8 Å². The molecular weight excluding hydrogens is 332 g/mol. The van der Waals surface area contributed by atoms with Crippen molar-refractivity contribution in [2.45, 2.75) is 34.7 Å². The Morgan fingerprint density at radius 1 is 1.37 bits per heavy atom. The monoisotopic (exact) mass is 346 g/mol. The molecule has 19 heavy (non-hydrogen) atoms. The van der Waals surface area contributed by atoms with Crippen molar-refractivity contribution in [3.05, 3.63) is 29.8 Å². The summed E-state index contributed by atoms with van der Waals surface area (Å²) >= 11 is 3.24. The van der Waals surface area contributed by atoms with Crippen LogP contribution >= 0.6 is 15.9 Å². The van der Waals surface area contributed by atoms with Gasteiger partial charge in [0.2, 0.25) is 0 Å². The summed E-state index contributed by atoms with van der Waals surface area (Å²) in [5, 5.41) is -0.219. The molecule has 0 bridgehead atoms. The van der Waals surface area contributed by atoms with Crippen LogP contribution < -0.4 is 0 Å². The third-order valence-corrected chi connectivity index (χ3v) is 6.14. The van der Waals surface area contributed by atoms with Gasteiger partial charge in [0.1, 0.15) is 4.83 Å². The second-order valence-corrected chi connectivity index (χ2v) is 7.57. The van der Waals surface area contributed by atoms with Gasteiger partial charge in [0.05, 0.1) is 16.8 Å². The number of halogens is 1. The molecule has 1 saturated carbocycles. The van der Waals surface area contributed by atoms with Crippen LogP contribution in [-0.4, -0.2) is 26.2 Å². The van der Waals surface area contributed by atoms with E-state index in [1.165, 1.54) is 0 Å². The molecule has 1 aromatic carbocycles. The zero-order chi connectivity index (χ0) is 14.0. The van der Waals surface area contributed by atoms with Crippen molar-refractivity contribution in [3.63, 3.8) is 0 Å². The van der Waals surface area contributed by atoms with E-state index in [2.05, 4.69) is 15.9 Å². The summed E-state index contributed by atoms with van der Waals surface area (Å²) < 4.78 is 28.9. The Morgan fingerprint density at radius 3 is 2.42 bits per heavy atom. The van der Waals surface area contributed by atoms with E-state index in [-0.39, 0.29) is 11.2 Å². The molecule has 1 aromatic rings. The highest BCUT2D eigenvalue weighted by Crippen LogP contribution is 2.34. The second kappa shape index (κ2) is 5.63. The predicted octanol–water partition coefficient (Wildman–Crippen LogP) is 2.62. The predicted molar refractivity (Wildman–Crippen MR) is 75.0 cm³/mol. The van der Waals surface area contributed by atoms with E-state index >= 15 is 0 Å². The zero-order valence-electron chi connectivity index (χ0n) is 10.5. The number of ether oxygens (including phenoxy) is 1. The number of hydrogen-bond acceptors (Lipinski definition) is 4. The van der Waals surface area contributed by atoms with Crippen molar-refractivity contribution < 1.29 is 17.9 Å². The molecule has 4 nitrogen and oxygen atoms in total. The molecule has 0 N–H and O–H groups in total. The molecule has 1 unspecified atom stereocenters. The Labute approximate surface area is 121 Å². The summed E-state index contributed by atoms with van der Waals surface area (Å²) in [6, 6.07) is 6.39.